The third kappa shape index (κ3) is 5.26. The van der Waals surface area contributed by atoms with Crippen molar-refractivity contribution in [3.05, 3.63) is 29.8 Å². The highest BCUT2D eigenvalue weighted by atomic mass is 35.5. The molecule has 3 nitrogen and oxygen atoms in total. The maximum atomic E-state index is 12.2. The molecule has 0 aliphatic heterocycles. The number of hydrogen-bond donors (Lipinski definition) is 2. The lowest BCUT2D eigenvalue weighted by Crippen LogP contribution is -2.31. The highest BCUT2D eigenvalue weighted by Gasteiger charge is 2.33. The standard InChI is InChI=1S/C12H16F3NO2.ClH/c1-7(2)11(17)10(16)8-5-3-4-6-9(8)18-12(13,14)15;/h3-7,10-11,17H,16H2,1-2H3;1H/t10-,11+;/m0./s1. The molecule has 0 unspecified atom stereocenters. The Labute approximate surface area is 116 Å². The fourth-order valence-corrected chi connectivity index (χ4v) is 1.57. The molecule has 0 spiro atoms. The van der Waals surface area contributed by atoms with Crippen molar-refractivity contribution in [3.63, 3.8) is 0 Å². The molecule has 0 saturated heterocycles. The first kappa shape index (κ1) is 18.0. The van der Waals surface area contributed by atoms with Crippen molar-refractivity contribution < 1.29 is 23.0 Å². The number of aliphatic hydroxyl groups is 1. The monoisotopic (exact) mass is 299 g/mol. The van der Waals surface area contributed by atoms with Crippen molar-refractivity contribution in [1.82, 2.24) is 0 Å². The Bertz CT molecular complexity index is 399. The van der Waals surface area contributed by atoms with Crippen LogP contribution in [-0.4, -0.2) is 17.6 Å². The maximum absolute atomic E-state index is 12.2. The average molecular weight is 300 g/mol. The van der Waals surface area contributed by atoms with Gasteiger partial charge in [-0.2, -0.15) is 0 Å². The van der Waals surface area contributed by atoms with Crippen LogP contribution in [0.2, 0.25) is 0 Å². The molecule has 0 heterocycles. The van der Waals surface area contributed by atoms with Crippen LogP contribution in [0, 0.1) is 5.92 Å². The number of benzene rings is 1. The van der Waals surface area contributed by atoms with Crippen LogP contribution in [0.15, 0.2) is 24.3 Å². The average Bonchev–Trinajstić information content (AvgIpc) is 2.25. The second kappa shape index (κ2) is 6.98. The molecule has 0 bridgehead atoms. The van der Waals surface area contributed by atoms with E-state index in [4.69, 9.17) is 5.73 Å². The zero-order valence-electron chi connectivity index (χ0n) is 10.5. The molecule has 1 rings (SSSR count). The highest BCUT2D eigenvalue weighted by molar-refractivity contribution is 5.85. The van der Waals surface area contributed by atoms with Gasteiger partial charge in [-0.05, 0) is 12.0 Å². The molecule has 2 atom stereocenters. The van der Waals surface area contributed by atoms with Crippen LogP contribution in [0.1, 0.15) is 25.5 Å². The molecule has 0 aliphatic rings. The van der Waals surface area contributed by atoms with Gasteiger partial charge in [-0.25, -0.2) is 0 Å². The van der Waals surface area contributed by atoms with Gasteiger partial charge >= 0.3 is 6.36 Å². The predicted octanol–water partition coefficient (Wildman–Crippen LogP) is 3.02. The highest BCUT2D eigenvalue weighted by Crippen LogP contribution is 2.31. The largest absolute Gasteiger partial charge is 0.573 e. The first-order chi connectivity index (χ1) is 8.22. The summed E-state index contributed by atoms with van der Waals surface area (Å²) >= 11 is 0. The number of ether oxygens (including phenoxy) is 1. The Morgan fingerprint density at radius 3 is 2.21 bits per heavy atom. The summed E-state index contributed by atoms with van der Waals surface area (Å²) in [6.45, 7) is 3.47. The zero-order valence-corrected chi connectivity index (χ0v) is 11.3. The summed E-state index contributed by atoms with van der Waals surface area (Å²) < 4.78 is 40.5. The van der Waals surface area contributed by atoms with Gasteiger partial charge in [0.2, 0.25) is 0 Å². The van der Waals surface area contributed by atoms with Crippen LogP contribution < -0.4 is 10.5 Å². The summed E-state index contributed by atoms with van der Waals surface area (Å²) in [4.78, 5) is 0. The lowest BCUT2D eigenvalue weighted by atomic mass is 9.94. The minimum atomic E-state index is -4.78. The molecular formula is C12H17ClF3NO2. The van der Waals surface area contributed by atoms with Gasteiger partial charge in [0.05, 0.1) is 12.1 Å². The Balaban J connectivity index is 0.00000324. The molecule has 0 fully saturated rings. The normalized spacial score (nSPS) is 14.7. The molecule has 7 heteroatoms. The van der Waals surface area contributed by atoms with Gasteiger partial charge in [0, 0.05) is 5.56 Å². The van der Waals surface area contributed by atoms with Gasteiger partial charge in [-0.15, -0.1) is 25.6 Å². The van der Waals surface area contributed by atoms with Gasteiger partial charge in [0.15, 0.2) is 0 Å². The van der Waals surface area contributed by atoms with E-state index in [1.165, 1.54) is 18.2 Å². The van der Waals surface area contributed by atoms with Crippen LogP contribution in [0.5, 0.6) is 5.75 Å². The Morgan fingerprint density at radius 2 is 1.74 bits per heavy atom. The first-order valence-corrected chi connectivity index (χ1v) is 5.50. The van der Waals surface area contributed by atoms with Crippen molar-refractivity contribution in [2.45, 2.75) is 32.4 Å². The number of para-hydroxylation sites is 1. The first-order valence-electron chi connectivity index (χ1n) is 5.50. The van der Waals surface area contributed by atoms with Crippen molar-refractivity contribution in [3.8, 4) is 5.75 Å². The van der Waals surface area contributed by atoms with E-state index in [1.54, 1.807) is 19.9 Å². The molecule has 1 aromatic carbocycles. The third-order valence-corrected chi connectivity index (χ3v) is 2.55. The quantitative estimate of drug-likeness (QED) is 0.898. The molecule has 1 aromatic rings. The third-order valence-electron chi connectivity index (χ3n) is 2.55. The van der Waals surface area contributed by atoms with Crippen LogP contribution in [0.3, 0.4) is 0 Å². The molecule has 0 saturated carbocycles. The molecule has 0 aromatic heterocycles. The summed E-state index contributed by atoms with van der Waals surface area (Å²) in [5.41, 5.74) is 5.90. The summed E-state index contributed by atoms with van der Waals surface area (Å²) in [5, 5.41) is 9.81. The summed E-state index contributed by atoms with van der Waals surface area (Å²) in [7, 11) is 0. The van der Waals surface area contributed by atoms with Gasteiger partial charge in [0.25, 0.3) is 0 Å². The maximum Gasteiger partial charge on any atom is 0.573 e. The summed E-state index contributed by atoms with van der Waals surface area (Å²) in [6, 6.07) is 4.63. The minimum Gasteiger partial charge on any atom is -0.405 e. The molecule has 0 aliphatic carbocycles. The van der Waals surface area contributed by atoms with E-state index in [1.807, 2.05) is 0 Å². The lowest BCUT2D eigenvalue weighted by molar-refractivity contribution is -0.275. The van der Waals surface area contributed by atoms with E-state index in [2.05, 4.69) is 4.74 Å². The van der Waals surface area contributed by atoms with E-state index in [-0.39, 0.29) is 29.6 Å². The topological polar surface area (TPSA) is 55.5 Å². The van der Waals surface area contributed by atoms with Crippen LogP contribution in [0.4, 0.5) is 13.2 Å². The minimum absolute atomic E-state index is 0. The fraction of sp³-hybridized carbons (Fsp3) is 0.500. The van der Waals surface area contributed by atoms with Gasteiger partial charge in [-0.3, -0.25) is 0 Å². The molecule has 0 radical (unpaired) electrons. The van der Waals surface area contributed by atoms with E-state index in [0.717, 1.165) is 0 Å². The van der Waals surface area contributed by atoms with Gasteiger partial charge < -0.3 is 15.6 Å². The van der Waals surface area contributed by atoms with Crippen molar-refractivity contribution in [2.75, 3.05) is 0 Å². The second-order valence-corrected chi connectivity index (χ2v) is 4.35. The van der Waals surface area contributed by atoms with Crippen molar-refractivity contribution >= 4 is 12.4 Å². The molecule has 3 N–H and O–H groups in total. The van der Waals surface area contributed by atoms with E-state index in [0.29, 0.717) is 0 Å². The second-order valence-electron chi connectivity index (χ2n) is 4.35. The lowest BCUT2D eigenvalue weighted by Gasteiger charge is -2.24. The molecule has 110 valence electrons. The van der Waals surface area contributed by atoms with E-state index >= 15 is 0 Å². The van der Waals surface area contributed by atoms with Gasteiger partial charge in [-0.1, -0.05) is 32.0 Å². The van der Waals surface area contributed by atoms with E-state index in [9.17, 15) is 18.3 Å². The van der Waals surface area contributed by atoms with Crippen LogP contribution in [0.25, 0.3) is 0 Å². The number of alkyl halides is 3. The zero-order chi connectivity index (χ0) is 13.9. The molecular weight excluding hydrogens is 283 g/mol. The summed E-state index contributed by atoms with van der Waals surface area (Å²) in [5.74, 6) is -0.545. The number of nitrogens with two attached hydrogens (primary N) is 1. The number of rotatable bonds is 4. The molecule has 19 heavy (non-hydrogen) atoms. The fourth-order valence-electron chi connectivity index (χ4n) is 1.57. The van der Waals surface area contributed by atoms with Crippen LogP contribution in [-0.2, 0) is 0 Å². The number of aliphatic hydroxyl groups excluding tert-OH is 1. The Morgan fingerprint density at radius 1 is 1.21 bits per heavy atom. The Hall–Kier alpha value is -0.980. The number of hydrogen-bond acceptors (Lipinski definition) is 3. The van der Waals surface area contributed by atoms with Crippen LogP contribution >= 0.6 is 12.4 Å². The van der Waals surface area contributed by atoms with Crippen molar-refractivity contribution in [2.24, 2.45) is 11.7 Å². The van der Waals surface area contributed by atoms with Crippen molar-refractivity contribution in [1.29, 1.82) is 0 Å². The SMILES string of the molecule is CC(C)[C@@H](O)[C@@H](N)c1ccccc1OC(F)(F)F.Cl. The molecule has 0 amide bonds. The van der Waals surface area contributed by atoms with E-state index < -0.39 is 18.5 Å². The Kier molecular flexibility index (Phi) is 6.62. The predicted molar refractivity (Wildman–Crippen MR) is 68.1 cm³/mol. The number of halogens is 4. The summed E-state index contributed by atoms with van der Waals surface area (Å²) in [6.07, 6.45) is -5.72. The van der Waals surface area contributed by atoms with Gasteiger partial charge in [0.1, 0.15) is 5.75 Å². The smallest absolute Gasteiger partial charge is 0.405 e.